The summed E-state index contributed by atoms with van der Waals surface area (Å²) < 4.78 is 11.3. The fourth-order valence-electron chi connectivity index (χ4n) is 5.53. The molecule has 3 aromatic rings. The number of amides is 3. The molecule has 51 heavy (non-hydrogen) atoms. The second-order valence-corrected chi connectivity index (χ2v) is 14.9. The third-order valence-electron chi connectivity index (χ3n) is 8.21. The fourth-order valence-corrected chi connectivity index (χ4v) is 5.53. The van der Waals surface area contributed by atoms with Gasteiger partial charge < -0.3 is 30.1 Å². The van der Waals surface area contributed by atoms with Crippen molar-refractivity contribution >= 4 is 23.9 Å². The van der Waals surface area contributed by atoms with Gasteiger partial charge in [0.25, 0.3) is 0 Å². The van der Waals surface area contributed by atoms with Crippen LogP contribution in [-0.4, -0.2) is 63.2 Å². The number of carbonyl (C=O) groups is 4. The van der Waals surface area contributed by atoms with Crippen LogP contribution in [0.15, 0.2) is 78.9 Å². The van der Waals surface area contributed by atoms with Crippen LogP contribution in [0.4, 0.5) is 4.79 Å². The molecule has 3 N–H and O–H groups in total. The number of phenols is 1. The van der Waals surface area contributed by atoms with E-state index in [1.165, 1.54) is 17.0 Å². The van der Waals surface area contributed by atoms with E-state index in [0.29, 0.717) is 17.5 Å². The molecule has 0 spiro atoms. The van der Waals surface area contributed by atoms with Crippen LogP contribution in [0.3, 0.4) is 0 Å². The van der Waals surface area contributed by atoms with E-state index in [2.05, 4.69) is 10.6 Å². The summed E-state index contributed by atoms with van der Waals surface area (Å²) in [5.74, 6) is -1.62. The van der Waals surface area contributed by atoms with Crippen molar-refractivity contribution in [2.45, 2.75) is 123 Å². The zero-order chi connectivity index (χ0) is 37.9. The Morgan fingerprint density at radius 1 is 0.706 bits per heavy atom. The minimum Gasteiger partial charge on any atom is -0.508 e. The van der Waals surface area contributed by atoms with Gasteiger partial charge in [0, 0.05) is 18.9 Å². The smallest absolute Gasteiger partial charge is 0.408 e. The second-order valence-electron chi connectivity index (χ2n) is 14.9. The van der Waals surface area contributed by atoms with Crippen LogP contribution in [0.1, 0.15) is 97.0 Å². The van der Waals surface area contributed by atoms with Gasteiger partial charge in [-0.1, -0.05) is 80.6 Å². The van der Waals surface area contributed by atoms with Crippen LogP contribution in [0, 0.1) is 0 Å². The van der Waals surface area contributed by atoms with E-state index in [9.17, 15) is 24.3 Å². The molecule has 3 aromatic carbocycles. The quantitative estimate of drug-likeness (QED) is 0.157. The van der Waals surface area contributed by atoms with Gasteiger partial charge >= 0.3 is 12.1 Å². The highest BCUT2D eigenvalue weighted by atomic mass is 16.6. The molecule has 0 radical (unpaired) electrons. The molecular weight excluding hydrogens is 646 g/mol. The highest BCUT2D eigenvalue weighted by molar-refractivity contribution is 5.94. The summed E-state index contributed by atoms with van der Waals surface area (Å²) in [4.78, 5) is 57.9. The first-order valence-electron chi connectivity index (χ1n) is 17.7. The number of nitrogens with one attached hydrogen (secondary N) is 2. The minimum absolute atomic E-state index is 0.0585. The van der Waals surface area contributed by atoms with E-state index in [-0.39, 0.29) is 18.6 Å². The van der Waals surface area contributed by atoms with Crippen LogP contribution in [0.5, 0.6) is 5.75 Å². The molecule has 10 nitrogen and oxygen atoms in total. The van der Waals surface area contributed by atoms with Crippen molar-refractivity contribution < 1.29 is 33.8 Å². The average molecular weight is 702 g/mol. The van der Waals surface area contributed by atoms with E-state index in [1.807, 2.05) is 75.4 Å². The third kappa shape index (κ3) is 12.8. The van der Waals surface area contributed by atoms with Gasteiger partial charge in [-0.15, -0.1) is 0 Å². The van der Waals surface area contributed by atoms with Crippen molar-refractivity contribution in [1.82, 2.24) is 15.5 Å². The Morgan fingerprint density at radius 2 is 1.24 bits per heavy atom. The van der Waals surface area contributed by atoms with Gasteiger partial charge in [-0.2, -0.15) is 0 Å². The molecule has 0 aliphatic rings. The minimum atomic E-state index is -1.18. The van der Waals surface area contributed by atoms with Crippen molar-refractivity contribution in [3.05, 3.63) is 101 Å². The molecule has 0 aliphatic heterocycles. The lowest BCUT2D eigenvalue weighted by Crippen LogP contribution is -2.57. The Bertz CT molecular complexity index is 1590. The van der Waals surface area contributed by atoms with Crippen molar-refractivity contribution in [3.63, 3.8) is 0 Å². The molecule has 3 amide bonds. The number of alkyl carbamates (subject to hydrolysis) is 1. The number of aryl methyl sites for hydroxylation is 1. The second kappa shape index (κ2) is 17.9. The summed E-state index contributed by atoms with van der Waals surface area (Å²) in [7, 11) is 0. The number of ether oxygens (including phenoxy) is 2. The SMILES string of the molecule is CCc1ccc(C(C(=O)NC(Cc2ccccc2)C(=O)OC(C)(C)C)N(C(=O)C(Cc2ccc(O)cc2)NC(=O)OC(C)(C)C)C(C)CC)cc1. The van der Waals surface area contributed by atoms with Gasteiger partial charge in [0.15, 0.2) is 0 Å². The highest BCUT2D eigenvalue weighted by Gasteiger charge is 2.40. The first-order valence-corrected chi connectivity index (χ1v) is 17.7. The molecule has 4 unspecified atom stereocenters. The number of phenolic OH excluding ortho intramolecular Hbond substituents is 1. The van der Waals surface area contributed by atoms with E-state index >= 15 is 0 Å². The number of hydrogen-bond acceptors (Lipinski definition) is 7. The normalized spacial score (nSPS) is 14.0. The van der Waals surface area contributed by atoms with E-state index < -0.39 is 59.2 Å². The van der Waals surface area contributed by atoms with Crippen molar-refractivity contribution in [3.8, 4) is 5.75 Å². The third-order valence-corrected chi connectivity index (χ3v) is 8.21. The summed E-state index contributed by atoms with van der Waals surface area (Å²) in [6, 6.07) is 19.3. The van der Waals surface area contributed by atoms with E-state index in [1.54, 1.807) is 53.7 Å². The Morgan fingerprint density at radius 3 is 1.76 bits per heavy atom. The lowest BCUT2D eigenvalue weighted by atomic mass is 9.96. The molecule has 0 aliphatic carbocycles. The highest BCUT2D eigenvalue weighted by Crippen LogP contribution is 2.28. The zero-order valence-corrected chi connectivity index (χ0v) is 31.5. The number of hydrogen-bond donors (Lipinski definition) is 3. The molecule has 10 heteroatoms. The maximum Gasteiger partial charge on any atom is 0.408 e. The summed E-state index contributed by atoms with van der Waals surface area (Å²) in [6.07, 6.45) is 0.704. The number of nitrogens with zero attached hydrogens (tertiary/aromatic N) is 1. The zero-order valence-electron chi connectivity index (χ0n) is 31.5. The fraction of sp³-hybridized carbons (Fsp3) is 0.463. The van der Waals surface area contributed by atoms with Gasteiger partial charge in [0.2, 0.25) is 11.8 Å². The predicted octanol–water partition coefficient (Wildman–Crippen LogP) is 6.83. The molecule has 0 fully saturated rings. The molecule has 0 bridgehead atoms. The van der Waals surface area contributed by atoms with Crippen molar-refractivity contribution in [1.29, 1.82) is 0 Å². The Labute approximate surface area is 302 Å². The van der Waals surface area contributed by atoms with Gasteiger partial charge in [0.1, 0.15) is 35.1 Å². The summed E-state index contributed by atoms with van der Waals surface area (Å²) in [5, 5.41) is 15.6. The lowest BCUT2D eigenvalue weighted by molar-refractivity contribution is -0.159. The monoisotopic (exact) mass is 701 g/mol. The standard InChI is InChI=1S/C41H55N3O7/c1-10-27(3)44(37(47)33(43-39(49)51-41(7,8)9)25-30-19-23-32(45)24-20-30)35(31-21-17-28(11-2)18-22-31)36(46)42-34(38(48)50-40(4,5)6)26-29-15-13-12-14-16-29/h12-24,27,33-35,45H,10-11,25-26H2,1-9H3,(H,42,46)(H,43,49). The first-order chi connectivity index (χ1) is 23.9. The van der Waals surface area contributed by atoms with Crippen LogP contribution < -0.4 is 10.6 Å². The molecule has 276 valence electrons. The Kier molecular flexibility index (Phi) is 14.2. The number of benzene rings is 3. The molecule has 3 rings (SSSR count). The van der Waals surface area contributed by atoms with E-state index in [0.717, 1.165) is 17.5 Å². The number of esters is 1. The van der Waals surface area contributed by atoms with Crippen molar-refractivity contribution in [2.75, 3.05) is 0 Å². The van der Waals surface area contributed by atoms with Crippen LogP contribution in [-0.2, 0) is 43.1 Å². The largest absolute Gasteiger partial charge is 0.508 e. The maximum atomic E-state index is 14.9. The van der Waals surface area contributed by atoms with Gasteiger partial charge in [-0.25, -0.2) is 9.59 Å². The van der Waals surface area contributed by atoms with Crippen LogP contribution >= 0.6 is 0 Å². The van der Waals surface area contributed by atoms with Gasteiger partial charge in [-0.3, -0.25) is 9.59 Å². The topological polar surface area (TPSA) is 134 Å². The van der Waals surface area contributed by atoms with Gasteiger partial charge in [-0.05, 0) is 95.7 Å². The summed E-state index contributed by atoms with van der Waals surface area (Å²) >= 11 is 0. The van der Waals surface area contributed by atoms with Crippen LogP contribution in [0.2, 0.25) is 0 Å². The Balaban J connectivity index is 2.14. The molecule has 0 saturated heterocycles. The predicted molar refractivity (Wildman–Crippen MR) is 198 cm³/mol. The number of rotatable bonds is 14. The summed E-state index contributed by atoms with van der Waals surface area (Å²) in [6.45, 7) is 16.3. The molecule has 0 saturated carbocycles. The van der Waals surface area contributed by atoms with Gasteiger partial charge in [0.05, 0.1) is 0 Å². The maximum absolute atomic E-state index is 14.9. The molecule has 4 atom stereocenters. The van der Waals surface area contributed by atoms with Crippen molar-refractivity contribution in [2.24, 2.45) is 0 Å². The lowest BCUT2D eigenvalue weighted by Gasteiger charge is -2.39. The number of aromatic hydroxyl groups is 1. The molecular formula is C41H55N3O7. The number of carbonyl (C=O) groups excluding carboxylic acids is 4. The summed E-state index contributed by atoms with van der Waals surface area (Å²) in [5.41, 5.74) is 1.45. The average Bonchev–Trinajstić information content (AvgIpc) is 3.05. The first kappa shape index (κ1) is 40.6. The Hall–Kier alpha value is -4.86. The van der Waals surface area contributed by atoms with Crippen LogP contribution in [0.25, 0.3) is 0 Å². The molecule has 0 heterocycles. The van der Waals surface area contributed by atoms with E-state index in [4.69, 9.17) is 9.47 Å². The molecule has 0 aromatic heterocycles.